The number of alkyl halides is 3. The maximum Gasteiger partial charge on any atom is 0.418 e. The van der Waals surface area contributed by atoms with Crippen molar-refractivity contribution < 1.29 is 17.9 Å². The number of hydrogen-bond donors (Lipinski definition) is 1. The highest BCUT2D eigenvalue weighted by Gasteiger charge is 2.34. The molecule has 1 rings (SSSR count). The summed E-state index contributed by atoms with van der Waals surface area (Å²) in [7, 11) is 1.59. The van der Waals surface area contributed by atoms with Gasteiger partial charge in [-0.2, -0.15) is 18.4 Å². The van der Waals surface area contributed by atoms with Crippen molar-refractivity contribution in [1.82, 2.24) is 0 Å². The Balaban J connectivity index is 2.91. The molecule has 1 N–H and O–H groups in total. The van der Waals surface area contributed by atoms with Gasteiger partial charge < -0.3 is 10.1 Å². The molecule has 0 aliphatic heterocycles. The van der Waals surface area contributed by atoms with Crippen molar-refractivity contribution >= 4 is 5.69 Å². The first-order valence-corrected chi connectivity index (χ1v) is 6.54. The molecule has 116 valence electrons. The molecular weight excluding hydrogens is 281 g/mol. The average molecular weight is 300 g/mol. The predicted molar refractivity (Wildman–Crippen MR) is 74.9 cm³/mol. The summed E-state index contributed by atoms with van der Waals surface area (Å²) in [5, 5.41) is 11.6. The first-order chi connectivity index (χ1) is 9.69. The first-order valence-electron chi connectivity index (χ1n) is 6.54. The minimum absolute atomic E-state index is 0.00741. The van der Waals surface area contributed by atoms with E-state index in [0.29, 0.717) is 13.2 Å². The lowest BCUT2D eigenvalue weighted by atomic mass is 9.89. The number of methoxy groups -OCH3 is 1. The lowest BCUT2D eigenvalue weighted by Gasteiger charge is -2.26. The number of rotatable bonds is 6. The Bertz CT molecular complexity index is 519. The number of ether oxygens (including phenoxy) is 1. The fourth-order valence-electron chi connectivity index (χ4n) is 1.80. The second kappa shape index (κ2) is 6.81. The molecule has 3 nitrogen and oxygen atoms in total. The van der Waals surface area contributed by atoms with E-state index in [1.807, 2.05) is 13.8 Å². The highest BCUT2D eigenvalue weighted by atomic mass is 19.4. The van der Waals surface area contributed by atoms with Crippen LogP contribution in [0.15, 0.2) is 18.2 Å². The second-order valence-corrected chi connectivity index (χ2v) is 5.63. The van der Waals surface area contributed by atoms with Crippen molar-refractivity contribution in [2.75, 3.05) is 25.6 Å². The van der Waals surface area contributed by atoms with E-state index < -0.39 is 11.7 Å². The van der Waals surface area contributed by atoms with E-state index in [1.54, 1.807) is 13.2 Å². The van der Waals surface area contributed by atoms with E-state index in [4.69, 9.17) is 10.00 Å². The van der Waals surface area contributed by atoms with Crippen molar-refractivity contribution in [2.24, 2.45) is 5.41 Å². The summed E-state index contributed by atoms with van der Waals surface area (Å²) in [6, 6.07) is 5.26. The third-order valence-electron chi connectivity index (χ3n) is 3.19. The van der Waals surface area contributed by atoms with E-state index in [-0.39, 0.29) is 16.7 Å². The van der Waals surface area contributed by atoms with Gasteiger partial charge in [-0.25, -0.2) is 0 Å². The van der Waals surface area contributed by atoms with Gasteiger partial charge >= 0.3 is 6.18 Å². The van der Waals surface area contributed by atoms with Gasteiger partial charge in [0, 0.05) is 25.9 Å². The highest BCUT2D eigenvalue weighted by molar-refractivity contribution is 5.56. The number of halogens is 3. The molecule has 0 amide bonds. The van der Waals surface area contributed by atoms with Crippen LogP contribution in [-0.2, 0) is 10.9 Å². The van der Waals surface area contributed by atoms with Gasteiger partial charge in [-0.15, -0.1) is 0 Å². The number of benzene rings is 1. The molecule has 0 unspecified atom stereocenters. The minimum atomic E-state index is -4.49. The Labute approximate surface area is 122 Å². The molecule has 0 saturated heterocycles. The van der Waals surface area contributed by atoms with Gasteiger partial charge in [0.2, 0.25) is 0 Å². The van der Waals surface area contributed by atoms with Gasteiger partial charge in [0.25, 0.3) is 0 Å². The molecule has 0 heterocycles. The average Bonchev–Trinajstić information content (AvgIpc) is 2.42. The standard InChI is InChI=1S/C15H19F3N2O/c1-14(2,6-7-21-3)10-20-13-5-4-11(9-19)8-12(13)15(16,17)18/h4-5,8,20H,6-7,10H2,1-3H3. The summed E-state index contributed by atoms with van der Waals surface area (Å²) >= 11 is 0. The molecule has 0 saturated carbocycles. The zero-order chi connectivity index (χ0) is 16.1. The number of nitrogens with one attached hydrogen (secondary N) is 1. The quantitative estimate of drug-likeness (QED) is 0.862. The van der Waals surface area contributed by atoms with Crippen LogP contribution in [0.5, 0.6) is 0 Å². The number of nitriles is 1. The van der Waals surface area contributed by atoms with Crippen LogP contribution in [0.4, 0.5) is 18.9 Å². The Kier molecular flexibility index (Phi) is 5.62. The van der Waals surface area contributed by atoms with Crippen molar-refractivity contribution in [2.45, 2.75) is 26.4 Å². The molecule has 0 aliphatic rings. The monoisotopic (exact) mass is 300 g/mol. The lowest BCUT2D eigenvalue weighted by Crippen LogP contribution is -2.25. The molecule has 21 heavy (non-hydrogen) atoms. The molecule has 0 aromatic heterocycles. The molecule has 0 radical (unpaired) electrons. The van der Waals surface area contributed by atoms with Gasteiger partial charge in [-0.3, -0.25) is 0 Å². The molecular formula is C15H19F3N2O. The largest absolute Gasteiger partial charge is 0.418 e. The summed E-state index contributed by atoms with van der Waals surface area (Å²) in [5.41, 5.74) is -1.03. The smallest absolute Gasteiger partial charge is 0.385 e. The number of anilines is 1. The maximum absolute atomic E-state index is 13.0. The SMILES string of the molecule is COCCC(C)(C)CNc1ccc(C#N)cc1C(F)(F)F. The molecule has 6 heteroatoms. The number of nitrogens with zero attached hydrogens (tertiary/aromatic N) is 1. The highest BCUT2D eigenvalue weighted by Crippen LogP contribution is 2.36. The van der Waals surface area contributed by atoms with Crippen LogP contribution >= 0.6 is 0 Å². The summed E-state index contributed by atoms with van der Waals surface area (Å²) in [6.45, 7) is 4.84. The Morgan fingerprint density at radius 2 is 1.95 bits per heavy atom. The summed E-state index contributed by atoms with van der Waals surface area (Å²) in [4.78, 5) is 0. The molecule has 0 atom stereocenters. The second-order valence-electron chi connectivity index (χ2n) is 5.63. The van der Waals surface area contributed by atoms with Crippen molar-refractivity contribution in [3.05, 3.63) is 29.3 Å². The first kappa shape index (κ1) is 17.3. The van der Waals surface area contributed by atoms with Crippen LogP contribution < -0.4 is 5.32 Å². The third-order valence-corrected chi connectivity index (χ3v) is 3.19. The fraction of sp³-hybridized carbons (Fsp3) is 0.533. The normalized spacial score (nSPS) is 12.0. The van der Waals surface area contributed by atoms with Gasteiger partial charge in [-0.05, 0) is 30.0 Å². The van der Waals surface area contributed by atoms with Gasteiger partial charge in [0.15, 0.2) is 0 Å². The van der Waals surface area contributed by atoms with Crippen LogP contribution in [-0.4, -0.2) is 20.3 Å². The van der Waals surface area contributed by atoms with Gasteiger partial charge in [-0.1, -0.05) is 13.8 Å². The topological polar surface area (TPSA) is 45.0 Å². The Hall–Kier alpha value is -1.74. The van der Waals surface area contributed by atoms with E-state index in [1.165, 1.54) is 12.1 Å². The van der Waals surface area contributed by atoms with Crippen LogP contribution in [0.1, 0.15) is 31.4 Å². The van der Waals surface area contributed by atoms with Crippen molar-refractivity contribution in [3.63, 3.8) is 0 Å². The van der Waals surface area contributed by atoms with Gasteiger partial charge in [0.1, 0.15) is 0 Å². The van der Waals surface area contributed by atoms with E-state index in [0.717, 1.165) is 12.5 Å². The Morgan fingerprint density at radius 1 is 1.29 bits per heavy atom. The zero-order valence-electron chi connectivity index (χ0n) is 12.3. The van der Waals surface area contributed by atoms with Crippen LogP contribution in [0.3, 0.4) is 0 Å². The summed E-state index contributed by atoms with van der Waals surface area (Å²) in [6.07, 6.45) is -3.76. The molecule has 0 spiro atoms. The van der Waals surface area contributed by atoms with Crippen LogP contribution in [0.2, 0.25) is 0 Å². The van der Waals surface area contributed by atoms with Crippen molar-refractivity contribution in [1.29, 1.82) is 5.26 Å². The third kappa shape index (κ3) is 5.27. The van der Waals surface area contributed by atoms with E-state index in [2.05, 4.69) is 5.32 Å². The van der Waals surface area contributed by atoms with Crippen LogP contribution in [0, 0.1) is 16.7 Å². The predicted octanol–water partition coefficient (Wildman–Crippen LogP) is 4.05. The molecule has 1 aromatic rings. The minimum Gasteiger partial charge on any atom is -0.385 e. The molecule has 0 fully saturated rings. The van der Waals surface area contributed by atoms with Crippen LogP contribution in [0.25, 0.3) is 0 Å². The lowest BCUT2D eigenvalue weighted by molar-refractivity contribution is -0.137. The molecule has 0 bridgehead atoms. The van der Waals surface area contributed by atoms with Gasteiger partial charge in [0.05, 0.1) is 17.2 Å². The summed E-state index contributed by atoms with van der Waals surface area (Å²) < 4.78 is 44.0. The molecule has 0 aliphatic carbocycles. The fourth-order valence-corrected chi connectivity index (χ4v) is 1.80. The van der Waals surface area contributed by atoms with Crippen molar-refractivity contribution in [3.8, 4) is 6.07 Å². The summed E-state index contributed by atoms with van der Waals surface area (Å²) in [5.74, 6) is 0. The number of hydrogen-bond acceptors (Lipinski definition) is 3. The maximum atomic E-state index is 13.0. The van der Waals surface area contributed by atoms with E-state index in [9.17, 15) is 13.2 Å². The molecule has 1 aromatic carbocycles. The Morgan fingerprint density at radius 3 is 2.48 bits per heavy atom. The van der Waals surface area contributed by atoms with E-state index >= 15 is 0 Å². The zero-order valence-corrected chi connectivity index (χ0v) is 12.3.